The number of furan rings is 1. The van der Waals surface area contributed by atoms with Gasteiger partial charge in [0.05, 0.1) is 7.11 Å². The Kier molecular flexibility index (Phi) is 5.44. The van der Waals surface area contributed by atoms with Gasteiger partial charge in [-0.2, -0.15) is 18.2 Å². The first-order chi connectivity index (χ1) is 11.3. The zero-order chi connectivity index (χ0) is 17.7. The number of nitrogens with one attached hydrogen (secondary N) is 1. The predicted molar refractivity (Wildman–Crippen MR) is 80.9 cm³/mol. The van der Waals surface area contributed by atoms with Crippen LogP contribution >= 0.6 is 11.3 Å². The number of esters is 1. The van der Waals surface area contributed by atoms with E-state index in [1.807, 2.05) is 5.32 Å². The molecule has 0 aromatic carbocycles. The zero-order valence-electron chi connectivity index (χ0n) is 12.4. The van der Waals surface area contributed by atoms with Crippen LogP contribution in [0.3, 0.4) is 0 Å². The van der Waals surface area contributed by atoms with E-state index in [1.54, 1.807) is 17.5 Å². The molecule has 2 aromatic rings. The van der Waals surface area contributed by atoms with Gasteiger partial charge in [-0.3, -0.25) is 4.79 Å². The van der Waals surface area contributed by atoms with Gasteiger partial charge in [0.1, 0.15) is 24.4 Å². The molecule has 0 aliphatic rings. The van der Waals surface area contributed by atoms with E-state index in [9.17, 15) is 18.0 Å². The molecule has 24 heavy (non-hydrogen) atoms. The van der Waals surface area contributed by atoms with E-state index >= 15 is 0 Å². The van der Waals surface area contributed by atoms with Crippen LogP contribution in [-0.2, 0) is 16.0 Å². The summed E-state index contributed by atoms with van der Waals surface area (Å²) in [5.41, 5.74) is 5.79. The van der Waals surface area contributed by atoms with Gasteiger partial charge in [0.2, 0.25) is 5.13 Å². The van der Waals surface area contributed by atoms with Crippen LogP contribution in [0.4, 0.5) is 18.3 Å². The number of rotatable bonds is 5. The quantitative estimate of drug-likeness (QED) is 0.480. The summed E-state index contributed by atoms with van der Waals surface area (Å²) < 4.78 is 46.2. The standard InChI is InChI=1S/C13H13F3N4O3S/c1-22-10(21)4-7-2-3-9(23-7)8-5-24-12(19-8)20-11(17)18-6-13(14,15)16/h2-3,5H,4,6H2,1H3,(H3,17,18,19,20). The number of hydrogen-bond donors (Lipinski definition) is 2. The third kappa shape index (κ3) is 5.26. The molecule has 0 unspecified atom stereocenters. The molecule has 3 N–H and O–H groups in total. The average Bonchev–Trinajstić information content (AvgIpc) is 3.13. The minimum absolute atomic E-state index is 0.0139. The number of halogens is 3. The van der Waals surface area contributed by atoms with Crippen molar-refractivity contribution in [3.63, 3.8) is 0 Å². The second-order valence-electron chi connectivity index (χ2n) is 4.50. The fraction of sp³-hybridized carbons (Fsp3) is 0.308. The zero-order valence-corrected chi connectivity index (χ0v) is 13.2. The maximum atomic E-state index is 12.1. The Balaban J connectivity index is 2.04. The summed E-state index contributed by atoms with van der Waals surface area (Å²) in [6, 6.07) is 3.22. The first-order valence-corrected chi connectivity index (χ1v) is 7.41. The normalized spacial score (nSPS) is 12.2. The smallest absolute Gasteiger partial charge is 0.405 e. The molecule has 2 heterocycles. The Bertz CT molecular complexity index is 739. The molecule has 0 radical (unpaired) electrons. The summed E-state index contributed by atoms with van der Waals surface area (Å²) in [6.45, 7) is -1.28. The van der Waals surface area contributed by atoms with Gasteiger partial charge < -0.3 is 20.2 Å². The fourth-order valence-corrected chi connectivity index (χ4v) is 2.28. The molecule has 0 aliphatic heterocycles. The lowest BCUT2D eigenvalue weighted by Crippen LogP contribution is -2.38. The Morgan fingerprint density at radius 2 is 2.25 bits per heavy atom. The number of guanidine groups is 1. The number of nitrogens with zero attached hydrogens (tertiary/aromatic N) is 2. The second-order valence-corrected chi connectivity index (χ2v) is 5.34. The van der Waals surface area contributed by atoms with E-state index in [-0.39, 0.29) is 17.5 Å². The maximum Gasteiger partial charge on any atom is 0.405 e. The van der Waals surface area contributed by atoms with Gasteiger partial charge in [-0.15, -0.1) is 11.3 Å². The minimum Gasteiger partial charge on any atom is -0.469 e. The van der Waals surface area contributed by atoms with E-state index in [1.165, 1.54) is 7.11 Å². The van der Waals surface area contributed by atoms with Crippen LogP contribution in [0.2, 0.25) is 0 Å². The van der Waals surface area contributed by atoms with Crippen molar-refractivity contribution in [1.29, 1.82) is 0 Å². The number of thiazole rings is 1. The molecule has 7 nitrogen and oxygen atoms in total. The van der Waals surface area contributed by atoms with Crippen LogP contribution in [0, 0.1) is 0 Å². The summed E-state index contributed by atoms with van der Waals surface area (Å²) >= 11 is 1.08. The largest absolute Gasteiger partial charge is 0.469 e. The van der Waals surface area contributed by atoms with Gasteiger partial charge in [0, 0.05) is 5.38 Å². The van der Waals surface area contributed by atoms with Crippen molar-refractivity contribution in [3.05, 3.63) is 23.3 Å². The third-order valence-electron chi connectivity index (χ3n) is 2.64. The molecule has 0 aliphatic carbocycles. The monoisotopic (exact) mass is 362 g/mol. The lowest BCUT2D eigenvalue weighted by atomic mass is 10.3. The molecule has 0 atom stereocenters. The molecule has 2 aromatic heterocycles. The van der Waals surface area contributed by atoms with E-state index in [2.05, 4.69) is 14.7 Å². The van der Waals surface area contributed by atoms with Crippen molar-refractivity contribution in [2.75, 3.05) is 13.7 Å². The van der Waals surface area contributed by atoms with Gasteiger partial charge in [0.25, 0.3) is 0 Å². The molecule has 0 spiro atoms. The van der Waals surface area contributed by atoms with E-state index in [0.717, 1.165) is 11.3 Å². The number of alkyl halides is 3. The number of aliphatic imine (C=N–C) groups is 1. The minimum atomic E-state index is -4.39. The second kappa shape index (κ2) is 7.34. The molecular formula is C13H13F3N4O3S. The van der Waals surface area contributed by atoms with E-state index < -0.39 is 18.7 Å². The van der Waals surface area contributed by atoms with Crippen molar-refractivity contribution in [3.8, 4) is 11.5 Å². The van der Waals surface area contributed by atoms with E-state index in [4.69, 9.17) is 10.2 Å². The summed E-state index contributed by atoms with van der Waals surface area (Å²) in [6.07, 6.45) is -4.40. The lowest BCUT2D eigenvalue weighted by Gasteiger charge is -2.07. The summed E-state index contributed by atoms with van der Waals surface area (Å²) in [4.78, 5) is 19.0. The SMILES string of the molecule is COC(=O)Cc1ccc(-c2csc(/N=C(\N)NCC(F)(F)F)n2)o1. The number of hydrogen-bond acceptors (Lipinski definition) is 6. The predicted octanol–water partition coefficient (Wildman–Crippen LogP) is 2.22. The van der Waals surface area contributed by atoms with Crippen LogP contribution in [0.25, 0.3) is 11.5 Å². The van der Waals surface area contributed by atoms with Crippen molar-refractivity contribution >= 4 is 28.4 Å². The number of ether oxygens (including phenoxy) is 1. The average molecular weight is 362 g/mol. The molecular weight excluding hydrogens is 349 g/mol. The molecule has 0 amide bonds. The summed E-state index contributed by atoms with van der Waals surface area (Å²) in [7, 11) is 1.27. The third-order valence-corrected chi connectivity index (χ3v) is 3.37. The molecule has 0 bridgehead atoms. The van der Waals surface area contributed by atoms with Gasteiger partial charge in [-0.05, 0) is 12.1 Å². The number of nitrogens with two attached hydrogens (primary N) is 1. The molecule has 2 rings (SSSR count). The number of carbonyl (C=O) groups is 1. The van der Waals surface area contributed by atoms with Crippen molar-refractivity contribution in [1.82, 2.24) is 10.3 Å². The highest BCUT2D eigenvalue weighted by atomic mass is 32.1. The molecule has 0 saturated carbocycles. The van der Waals surface area contributed by atoms with Crippen molar-refractivity contribution in [2.45, 2.75) is 12.6 Å². The number of methoxy groups -OCH3 is 1. The maximum absolute atomic E-state index is 12.1. The highest BCUT2D eigenvalue weighted by Crippen LogP contribution is 2.28. The van der Waals surface area contributed by atoms with Crippen LogP contribution in [0.1, 0.15) is 5.76 Å². The van der Waals surface area contributed by atoms with Gasteiger partial charge >= 0.3 is 12.1 Å². The molecule has 130 valence electrons. The number of carbonyl (C=O) groups excluding carboxylic acids is 1. The molecule has 0 saturated heterocycles. The first-order valence-electron chi connectivity index (χ1n) is 6.53. The van der Waals surface area contributed by atoms with Gasteiger partial charge in [0.15, 0.2) is 11.7 Å². The van der Waals surface area contributed by atoms with Gasteiger partial charge in [-0.25, -0.2) is 4.98 Å². The Morgan fingerprint density at radius 3 is 2.92 bits per heavy atom. The van der Waals surface area contributed by atoms with E-state index in [0.29, 0.717) is 17.2 Å². The van der Waals surface area contributed by atoms with Crippen molar-refractivity contribution in [2.24, 2.45) is 10.7 Å². The Morgan fingerprint density at radius 1 is 1.50 bits per heavy atom. The Hall–Kier alpha value is -2.56. The summed E-state index contributed by atoms with van der Waals surface area (Å²) in [5.74, 6) is -0.0308. The fourth-order valence-electron chi connectivity index (χ4n) is 1.59. The topological polar surface area (TPSA) is 103 Å². The Labute approximate surface area is 138 Å². The van der Waals surface area contributed by atoms with Crippen LogP contribution in [-0.4, -0.2) is 36.7 Å². The highest BCUT2D eigenvalue weighted by Gasteiger charge is 2.26. The number of aromatic nitrogens is 1. The lowest BCUT2D eigenvalue weighted by molar-refractivity contribution is -0.140. The molecule has 0 fully saturated rings. The molecule has 11 heteroatoms. The van der Waals surface area contributed by atoms with Crippen LogP contribution in [0.5, 0.6) is 0 Å². The first kappa shape index (κ1) is 17.8. The van der Waals surface area contributed by atoms with Crippen LogP contribution in [0.15, 0.2) is 26.9 Å². The highest BCUT2D eigenvalue weighted by molar-refractivity contribution is 7.13. The van der Waals surface area contributed by atoms with Crippen molar-refractivity contribution < 1.29 is 27.1 Å². The summed E-state index contributed by atoms with van der Waals surface area (Å²) in [5, 5.41) is 3.72. The van der Waals surface area contributed by atoms with Crippen LogP contribution < -0.4 is 11.1 Å². The van der Waals surface area contributed by atoms with Gasteiger partial charge in [-0.1, -0.05) is 0 Å².